The number of fused-ring (bicyclic) bond motifs is 1. The van der Waals surface area contributed by atoms with E-state index in [-0.39, 0.29) is 48.0 Å². The van der Waals surface area contributed by atoms with Gasteiger partial charge >= 0.3 is 5.97 Å². The number of aromatic carboxylic acids is 1. The lowest BCUT2D eigenvalue weighted by atomic mass is 9.98. The minimum absolute atomic E-state index is 0.00503. The lowest BCUT2D eigenvalue weighted by Crippen LogP contribution is -2.13. The molecule has 196 valence electrons. The summed E-state index contributed by atoms with van der Waals surface area (Å²) in [6.07, 6.45) is 0. The number of hydrogen-bond acceptors (Lipinski definition) is 8. The van der Waals surface area contributed by atoms with Crippen molar-refractivity contribution in [3.63, 3.8) is 0 Å². The van der Waals surface area contributed by atoms with Crippen LogP contribution in [0.4, 0.5) is 0 Å². The minimum Gasteiger partial charge on any atom is -0.478 e. The Morgan fingerprint density at radius 2 is 1.50 bits per heavy atom. The molecule has 0 spiro atoms. The van der Waals surface area contributed by atoms with Gasteiger partial charge in [-0.25, -0.2) is 9.78 Å². The van der Waals surface area contributed by atoms with Crippen LogP contribution in [-0.2, 0) is 16.1 Å². The summed E-state index contributed by atoms with van der Waals surface area (Å²) in [5.41, 5.74) is 3.45. The quantitative estimate of drug-likeness (QED) is 0.310. The molecule has 2 heterocycles. The van der Waals surface area contributed by atoms with Crippen molar-refractivity contribution in [2.75, 3.05) is 13.2 Å². The number of carbonyl (C=O) groups excluding carboxylic acids is 2. The van der Waals surface area contributed by atoms with Crippen molar-refractivity contribution >= 4 is 28.6 Å². The van der Waals surface area contributed by atoms with Gasteiger partial charge in [-0.1, -0.05) is 56.3 Å². The molecule has 0 aliphatic heterocycles. The summed E-state index contributed by atoms with van der Waals surface area (Å²) in [7, 11) is 0. The van der Waals surface area contributed by atoms with Gasteiger partial charge in [-0.3, -0.25) is 9.59 Å². The van der Waals surface area contributed by atoms with Crippen LogP contribution in [-0.4, -0.2) is 55.6 Å². The fourth-order valence-electron chi connectivity index (χ4n) is 4.05. The van der Waals surface area contributed by atoms with Crippen LogP contribution in [0.2, 0.25) is 0 Å². The zero-order chi connectivity index (χ0) is 27.4. The van der Waals surface area contributed by atoms with Gasteiger partial charge in [0, 0.05) is 12.5 Å². The van der Waals surface area contributed by atoms with Crippen molar-refractivity contribution in [1.82, 2.24) is 19.7 Å². The molecule has 0 fully saturated rings. The van der Waals surface area contributed by atoms with E-state index in [1.807, 2.05) is 42.7 Å². The van der Waals surface area contributed by atoms with E-state index in [1.54, 1.807) is 24.3 Å². The molecule has 0 saturated heterocycles. The zero-order valence-corrected chi connectivity index (χ0v) is 21.6. The topological polar surface area (TPSA) is 133 Å². The van der Waals surface area contributed by atoms with Crippen LogP contribution in [0.15, 0.2) is 48.5 Å². The molecule has 0 aliphatic carbocycles. The van der Waals surface area contributed by atoms with Gasteiger partial charge in [0.05, 0.1) is 5.56 Å². The molecule has 1 N–H and O–H groups in total. The Balaban J connectivity index is 1.78. The molecule has 0 bridgehead atoms. The van der Waals surface area contributed by atoms with Crippen LogP contribution in [0.1, 0.15) is 55.4 Å². The molecular weight excluding hydrogens is 488 g/mol. The number of rotatable bonds is 11. The Hall–Kier alpha value is -4.60. The summed E-state index contributed by atoms with van der Waals surface area (Å²) in [5, 5.41) is 17.7. The Morgan fingerprint density at radius 3 is 2.11 bits per heavy atom. The third-order valence-corrected chi connectivity index (χ3v) is 5.74. The van der Waals surface area contributed by atoms with E-state index in [0.29, 0.717) is 23.1 Å². The van der Waals surface area contributed by atoms with E-state index < -0.39 is 5.97 Å². The summed E-state index contributed by atoms with van der Waals surface area (Å²) in [6.45, 7) is 6.84. The fraction of sp³-hybridized carbons (Fsp3) is 0.286. The number of Topliss-reactive ketones (excluding diaryl/α,β-unsaturated/α-hetero) is 2. The number of imidazole rings is 1. The monoisotopic (exact) mass is 516 g/mol. The second kappa shape index (κ2) is 11.2. The van der Waals surface area contributed by atoms with Gasteiger partial charge in [-0.2, -0.15) is 0 Å². The SMILES string of the molecule is CC(=O)COc1nnc(OCC(C)=O)c2c1nc(C(C)C)n2Cc1ccc(-c2ccccc2C(=O)O)cc1. The van der Waals surface area contributed by atoms with Crippen LogP contribution in [0.5, 0.6) is 11.8 Å². The molecular formula is C28H28N4O6. The third-order valence-electron chi connectivity index (χ3n) is 5.74. The highest BCUT2D eigenvalue weighted by Crippen LogP contribution is 2.33. The predicted octanol–water partition coefficient (Wildman–Crippen LogP) is 4.30. The average molecular weight is 517 g/mol. The number of benzene rings is 2. The van der Waals surface area contributed by atoms with Crippen molar-refractivity contribution in [1.29, 1.82) is 0 Å². The van der Waals surface area contributed by atoms with Gasteiger partial charge in [-0.15, -0.1) is 10.2 Å². The molecule has 38 heavy (non-hydrogen) atoms. The van der Waals surface area contributed by atoms with Gasteiger partial charge in [0.25, 0.3) is 11.8 Å². The highest BCUT2D eigenvalue weighted by molar-refractivity contribution is 5.96. The van der Waals surface area contributed by atoms with Gasteiger partial charge in [0.1, 0.15) is 24.6 Å². The van der Waals surface area contributed by atoms with E-state index in [9.17, 15) is 19.5 Å². The van der Waals surface area contributed by atoms with Gasteiger partial charge in [0.15, 0.2) is 17.1 Å². The average Bonchev–Trinajstić information content (AvgIpc) is 3.26. The Morgan fingerprint density at radius 1 is 0.895 bits per heavy atom. The summed E-state index contributed by atoms with van der Waals surface area (Å²) in [6, 6.07) is 14.4. The summed E-state index contributed by atoms with van der Waals surface area (Å²) in [4.78, 5) is 39.5. The highest BCUT2D eigenvalue weighted by Gasteiger charge is 2.24. The Bertz CT molecular complexity index is 1510. The zero-order valence-electron chi connectivity index (χ0n) is 21.6. The number of hydrogen-bond donors (Lipinski definition) is 1. The molecule has 4 rings (SSSR count). The van der Waals surface area contributed by atoms with E-state index in [0.717, 1.165) is 17.0 Å². The molecule has 0 radical (unpaired) electrons. The summed E-state index contributed by atoms with van der Waals surface area (Å²) < 4.78 is 13.2. The van der Waals surface area contributed by atoms with Gasteiger partial charge in [-0.05, 0) is 36.6 Å². The van der Waals surface area contributed by atoms with Crippen molar-refractivity contribution in [3.05, 3.63) is 65.5 Å². The Kier molecular flexibility index (Phi) is 7.80. The standard InChI is InChI=1S/C28H28N4O6/c1-16(2)25-29-23-24(27(38-15-18(4)34)31-30-26(23)37-14-17(3)33)32(25)13-19-9-11-20(12-10-19)21-7-5-6-8-22(21)28(35)36/h5-12,16H,13-15H2,1-4H3,(H,35,36). The van der Waals surface area contributed by atoms with Crippen molar-refractivity contribution in [2.24, 2.45) is 0 Å². The maximum atomic E-state index is 11.7. The van der Waals surface area contributed by atoms with E-state index in [1.165, 1.54) is 13.8 Å². The van der Waals surface area contributed by atoms with Crippen molar-refractivity contribution in [3.8, 4) is 22.9 Å². The van der Waals surface area contributed by atoms with Crippen LogP contribution >= 0.6 is 0 Å². The van der Waals surface area contributed by atoms with Crippen LogP contribution in [0.25, 0.3) is 22.2 Å². The largest absolute Gasteiger partial charge is 0.478 e. The van der Waals surface area contributed by atoms with Gasteiger partial charge < -0.3 is 19.1 Å². The van der Waals surface area contributed by atoms with Crippen molar-refractivity contribution < 1.29 is 29.0 Å². The fourth-order valence-corrected chi connectivity index (χ4v) is 4.05. The smallest absolute Gasteiger partial charge is 0.336 e. The minimum atomic E-state index is -0.988. The molecule has 0 aliphatic rings. The Labute approximate surface area is 219 Å². The summed E-state index contributed by atoms with van der Waals surface area (Å²) >= 11 is 0. The second-order valence-corrected chi connectivity index (χ2v) is 9.25. The maximum absolute atomic E-state index is 11.7. The molecule has 0 atom stereocenters. The first-order chi connectivity index (χ1) is 18.2. The number of aromatic nitrogens is 4. The lowest BCUT2D eigenvalue weighted by Gasteiger charge is -2.14. The van der Waals surface area contributed by atoms with E-state index in [4.69, 9.17) is 14.5 Å². The summed E-state index contributed by atoms with van der Waals surface area (Å²) in [5.74, 6) is -0.378. The number of ketones is 2. The predicted molar refractivity (Wildman–Crippen MR) is 140 cm³/mol. The number of nitrogens with zero attached hydrogens (tertiary/aromatic N) is 4. The molecule has 4 aromatic rings. The van der Waals surface area contributed by atoms with E-state index in [2.05, 4.69) is 10.2 Å². The second-order valence-electron chi connectivity index (χ2n) is 9.25. The first-order valence-corrected chi connectivity index (χ1v) is 12.1. The number of carbonyl (C=O) groups is 3. The lowest BCUT2D eigenvalue weighted by molar-refractivity contribution is -0.119. The highest BCUT2D eigenvalue weighted by atomic mass is 16.5. The number of carboxylic acids is 1. The number of carboxylic acid groups (broad SMARTS) is 1. The maximum Gasteiger partial charge on any atom is 0.336 e. The molecule has 10 heteroatoms. The first-order valence-electron chi connectivity index (χ1n) is 12.1. The first kappa shape index (κ1) is 26.5. The molecule has 0 saturated carbocycles. The normalized spacial score (nSPS) is 11.1. The van der Waals surface area contributed by atoms with Crippen molar-refractivity contribution in [2.45, 2.75) is 40.2 Å². The molecule has 10 nitrogen and oxygen atoms in total. The molecule has 0 amide bonds. The van der Waals surface area contributed by atoms with E-state index >= 15 is 0 Å². The third kappa shape index (κ3) is 5.69. The molecule has 2 aromatic carbocycles. The van der Waals surface area contributed by atoms with Crippen LogP contribution < -0.4 is 9.47 Å². The molecule has 0 unspecified atom stereocenters. The van der Waals surface area contributed by atoms with Crippen LogP contribution in [0, 0.1) is 0 Å². The van der Waals surface area contributed by atoms with Crippen LogP contribution in [0.3, 0.4) is 0 Å². The number of ether oxygens (including phenoxy) is 2. The van der Waals surface area contributed by atoms with Gasteiger partial charge in [0.2, 0.25) is 0 Å². The molecule has 2 aromatic heterocycles.